The Bertz CT molecular complexity index is 593. The zero-order valence-electron chi connectivity index (χ0n) is 6.66. The normalized spacial score (nSPS) is 12.1. The molecule has 2 rings (SSSR count). The summed E-state index contributed by atoms with van der Waals surface area (Å²) >= 11 is 3.21. The van der Waals surface area contributed by atoms with Crippen molar-refractivity contribution in [1.29, 1.82) is 0 Å². The lowest BCUT2D eigenvalue weighted by Crippen LogP contribution is -1.88. The van der Waals surface area contributed by atoms with Crippen LogP contribution in [0.5, 0.6) is 0 Å². The molecule has 0 fully saturated rings. The summed E-state index contributed by atoms with van der Waals surface area (Å²) in [6.07, 6.45) is 4.40. The molecule has 14 heavy (non-hydrogen) atoms. The van der Waals surface area contributed by atoms with Crippen LogP contribution >= 0.6 is 26.6 Å². The molecule has 1 N–H and O–H groups in total. The number of aromatic amines is 1. The van der Waals surface area contributed by atoms with Gasteiger partial charge in [0.2, 0.25) is 0 Å². The first-order valence-electron chi connectivity index (χ1n) is 3.55. The Morgan fingerprint density at radius 1 is 1.43 bits per heavy atom. The SMILES string of the molecule is O=S(=O)(Cl)c1c[nH]c2cncc(Br)c12. The second kappa shape index (κ2) is 3.22. The quantitative estimate of drug-likeness (QED) is 0.821. The molecule has 0 radical (unpaired) electrons. The molecule has 0 bridgehead atoms. The summed E-state index contributed by atoms with van der Waals surface area (Å²) in [4.78, 5) is 6.73. The van der Waals surface area contributed by atoms with Gasteiger partial charge in [-0.25, -0.2) is 8.42 Å². The van der Waals surface area contributed by atoms with E-state index in [1.807, 2.05) is 0 Å². The van der Waals surface area contributed by atoms with Gasteiger partial charge in [-0.3, -0.25) is 4.98 Å². The van der Waals surface area contributed by atoms with E-state index in [9.17, 15) is 8.42 Å². The molecule has 0 unspecified atom stereocenters. The average Bonchev–Trinajstić information content (AvgIpc) is 2.47. The maximum Gasteiger partial charge on any atom is 0.263 e. The van der Waals surface area contributed by atoms with Crippen LogP contribution < -0.4 is 0 Å². The summed E-state index contributed by atoms with van der Waals surface area (Å²) in [5.74, 6) is 0. The van der Waals surface area contributed by atoms with Gasteiger partial charge >= 0.3 is 0 Å². The molecule has 0 aliphatic heterocycles. The van der Waals surface area contributed by atoms with Gasteiger partial charge in [-0.05, 0) is 15.9 Å². The van der Waals surface area contributed by atoms with Crippen molar-refractivity contribution in [2.75, 3.05) is 0 Å². The smallest absolute Gasteiger partial charge is 0.263 e. The van der Waals surface area contributed by atoms with Gasteiger partial charge in [0, 0.05) is 32.9 Å². The van der Waals surface area contributed by atoms with Crippen molar-refractivity contribution in [3.05, 3.63) is 23.1 Å². The fourth-order valence-electron chi connectivity index (χ4n) is 1.20. The van der Waals surface area contributed by atoms with Gasteiger partial charge in [0.25, 0.3) is 9.05 Å². The Kier molecular flexibility index (Phi) is 2.29. The van der Waals surface area contributed by atoms with Crippen LogP contribution in [-0.4, -0.2) is 18.4 Å². The third kappa shape index (κ3) is 1.53. The highest BCUT2D eigenvalue weighted by Gasteiger charge is 2.17. The molecule has 0 saturated heterocycles. The molecule has 0 spiro atoms. The number of aromatic nitrogens is 2. The molecular weight excluding hydrogens is 292 g/mol. The maximum atomic E-state index is 11.2. The molecule has 7 heteroatoms. The van der Waals surface area contributed by atoms with Crippen LogP contribution in [0, 0.1) is 0 Å². The van der Waals surface area contributed by atoms with E-state index >= 15 is 0 Å². The zero-order chi connectivity index (χ0) is 10.3. The summed E-state index contributed by atoms with van der Waals surface area (Å²) in [6, 6.07) is 0. The highest BCUT2D eigenvalue weighted by atomic mass is 79.9. The number of hydrogen-bond acceptors (Lipinski definition) is 3. The maximum absolute atomic E-state index is 11.2. The Hall–Kier alpha value is -0.590. The minimum atomic E-state index is -3.73. The summed E-state index contributed by atoms with van der Waals surface area (Å²) in [5.41, 5.74) is 0.624. The third-order valence-corrected chi connectivity index (χ3v) is 3.71. The van der Waals surface area contributed by atoms with Gasteiger partial charge in [0.05, 0.1) is 11.7 Å². The third-order valence-electron chi connectivity index (χ3n) is 1.77. The second-order valence-corrected chi connectivity index (χ2v) is 6.02. The summed E-state index contributed by atoms with van der Waals surface area (Å²) in [6.45, 7) is 0. The number of rotatable bonds is 1. The molecule has 0 amide bonds. The Balaban J connectivity index is 2.94. The average molecular weight is 296 g/mol. The van der Waals surface area contributed by atoms with Crippen molar-refractivity contribution >= 4 is 46.6 Å². The van der Waals surface area contributed by atoms with Crippen LogP contribution in [0.3, 0.4) is 0 Å². The van der Waals surface area contributed by atoms with E-state index < -0.39 is 9.05 Å². The molecule has 2 aromatic rings. The van der Waals surface area contributed by atoms with Crippen LogP contribution in [0.2, 0.25) is 0 Å². The first kappa shape index (κ1) is 9.95. The van der Waals surface area contributed by atoms with Crippen molar-refractivity contribution < 1.29 is 8.42 Å². The van der Waals surface area contributed by atoms with Crippen LogP contribution in [0.25, 0.3) is 10.9 Å². The topological polar surface area (TPSA) is 62.8 Å². The van der Waals surface area contributed by atoms with Gasteiger partial charge in [-0.2, -0.15) is 0 Å². The number of fused-ring (bicyclic) bond motifs is 1. The van der Waals surface area contributed by atoms with Gasteiger partial charge in [0.1, 0.15) is 4.90 Å². The van der Waals surface area contributed by atoms with Crippen molar-refractivity contribution in [1.82, 2.24) is 9.97 Å². The van der Waals surface area contributed by atoms with Gasteiger partial charge < -0.3 is 4.98 Å². The number of nitrogens with one attached hydrogen (secondary N) is 1. The van der Waals surface area contributed by atoms with Crippen molar-refractivity contribution in [2.45, 2.75) is 4.90 Å². The fourth-order valence-corrected chi connectivity index (χ4v) is 2.91. The molecule has 4 nitrogen and oxygen atoms in total. The lowest BCUT2D eigenvalue weighted by atomic mass is 10.3. The highest BCUT2D eigenvalue weighted by Crippen LogP contribution is 2.30. The summed E-state index contributed by atoms with van der Waals surface area (Å²) < 4.78 is 22.9. The largest absolute Gasteiger partial charge is 0.359 e. The predicted molar refractivity (Wildman–Crippen MR) is 56.8 cm³/mol. The highest BCUT2D eigenvalue weighted by molar-refractivity contribution is 9.10. The Labute approximate surface area is 92.8 Å². The molecule has 0 atom stereocenters. The minimum absolute atomic E-state index is 0.0587. The molecule has 2 aromatic heterocycles. The van der Waals surface area contributed by atoms with Gasteiger partial charge in [-0.1, -0.05) is 0 Å². The second-order valence-electron chi connectivity index (χ2n) is 2.63. The van der Waals surface area contributed by atoms with Gasteiger partial charge in [0.15, 0.2) is 0 Å². The van der Waals surface area contributed by atoms with E-state index in [1.165, 1.54) is 18.6 Å². The first-order valence-corrected chi connectivity index (χ1v) is 6.65. The number of halogens is 2. The molecular formula is C7H4BrClN2O2S. The number of H-pyrrole nitrogens is 1. The lowest BCUT2D eigenvalue weighted by molar-refractivity contribution is 0.610. The summed E-state index contributed by atoms with van der Waals surface area (Å²) in [7, 11) is 1.54. The molecule has 0 aromatic carbocycles. The van der Waals surface area contributed by atoms with Crippen molar-refractivity contribution in [3.8, 4) is 0 Å². The van der Waals surface area contributed by atoms with E-state index in [0.717, 1.165) is 0 Å². The Morgan fingerprint density at radius 3 is 2.79 bits per heavy atom. The molecule has 0 aliphatic rings. The predicted octanol–water partition coefficient (Wildman–Crippen LogP) is 2.25. The lowest BCUT2D eigenvalue weighted by Gasteiger charge is -1.95. The van der Waals surface area contributed by atoms with E-state index in [1.54, 1.807) is 0 Å². The summed E-state index contributed by atoms with van der Waals surface area (Å²) in [5, 5.41) is 0.523. The van der Waals surface area contributed by atoms with Crippen LogP contribution in [0.4, 0.5) is 0 Å². The van der Waals surface area contributed by atoms with Crippen LogP contribution in [0.1, 0.15) is 0 Å². The number of nitrogens with zero attached hydrogens (tertiary/aromatic N) is 1. The van der Waals surface area contributed by atoms with Crippen LogP contribution in [-0.2, 0) is 9.05 Å². The molecule has 0 aliphatic carbocycles. The van der Waals surface area contributed by atoms with E-state index in [-0.39, 0.29) is 4.90 Å². The molecule has 2 heterocycles. The van der Waals surface area contributed by atoms with Crippen molar-refractivity contribution in [2.24, 2.45) is 0 Å². The standard InChI is InChI=1S/C7H4BrClN2O2S/c8-4-1-10-2-5-7(4)6(3-11-5)14(9,12)13/h1-3,11H. The fraction of sp³-hybridized carbons (Fsp3) is 0. The molecule has 0 saturated carbocycles. The molecule has 74 valence electrons. The monoisotopic (exact) mass is 294 g/mol. The number of pyridine rings is 1. The van der Waals surface area contributed by atoms with E-state index in [2.05, 4.69) is 25.9 Å². The first-order chi connectivity index (χ1) is 6.50. The van der Waals surface area contributed by atoms with E-state index in [4.69, 9.17) is 10.7 Å². The number of hydrogen-bond donors (Lipinski definition) is 1. The van der Waals surface area contributed by atoms with Crippen LogP contribution in [0.15, 0.2) is 28.0 Å². The van der Waals surface area contributed by atoms with Crippen molar-refractivity contribution in [3.63, 3.8) is 0 Å². The van der Waals surface area contributed by atoms with Gasteiger partial charge in [-0.15, -0.1) is 0 Å². The zero-order valence-corrected chi connectivity index (χ0v) is 9.82. The Morgan fingerprint density at radius 2 is 2.14 bits per heavy atom. The van der Waals surface area contributed by atoms with E-state index in [0.29, 0.717) is 15.4 Å². The minimum Gasteiger partial charge on any atom is -0.359 e.